The molecule has 2 rings (SSSR count). The van der Waals surface area contributed by atoms with Crippen molar-refractivity contribution in [3.8, 4) is 0 Å². The van der Waals surface area contributed by atoms with Gasteiger partial charge in [0.05, 0.1) is 0 Å². The molecule has 2 heteroatoms. The van der Waals surface area contributed by atoms with Gasteiger partial charge in [0.25, 0.3) is 0 Å². The van der Waals surface area contributed by atoms with E-state index in [2.05, 4.69) is 0 Å². The number of hydrogen-bond donors (Lipinski definition) is 2. The third kappa shape index (κ3) is 2.38. The fourth-order valence-electron chi connectivity index (χ4n) is 1.89. The van der Waals surface area contributed by atoms with E-state index in [0.29, 0.717) is 11.1 Å². The minimum atomic E-state index is -1.29. The maximum atomic E-state index is 10.5. The van der Waals surface area contributed by atoms with E-state index in [-0.39, 0.29) is 0 Å². The fourth-order valence-corrected chi connectivity index (χ4v) is 1.89. The van der Waals surface area contributed by atoms with E-state index < -0.39 is 11.7 Å². The van der Waals surface area contributed by atoms with Gasteiger partial charge in [-0.2, -0.15) is 0 Å². The van der Waals surface area contributed by atoms with Gasteiger partial charge < -0.3 is 10.2 Å². The number of aliphatic hydroxyl groups excluding tert-OH is 1. The molecule has 0 heterocycles. The minimum absolute atomic E-state index is 0.705. The highest BCUT2D eigenvalue weighted by atomic mass is 16.3. The minimum Gasteiger partial charge on any atom is -0.385 e. The fraction of sp³-hybridized carbons (Fsp3) is 0.200. The van der Waals surface area contributed by atoms with Gasteiger partial charge in [0.1, 0.15) is 11.7 Å². The molecular formula is C15H16O2. The highest BCUT2D eigenvalue weighted by Gasteiger charge is 2.33. The third-order valence-corrected chi connectivity index (χ3v) is 3.01. The Morgan fingerprint density at radius 3 is 1.88 bits per heavy atom. The van der Waals surface area contributed by atoms with Gasteiger partial charge >= 0.3 is 0 Å². The van der Waals surface area contributed by atoms with E-state index in [9.17, 15) is 10.2 Å². The van der Waals surface area contributed by atoms with Crippen LogP contribution in [-0.2, 0) is 5.60 Å². The highest BCUT2D eigenvalue weighted by Crippen LogP contribution is 2.34. The first kappa shape index (κ1) is 11.8. The summed E-state index contributed by atoms with van der Waals surface area (Å²) in [6.45, 7) is 1.62. The lowest BCUT2D eigenvalue weighted by atomic mass is 9.86. The van der Waals surface area contributed by atoms with Crippen molar-refractivity contribution in [2.75, 3.05) is 0 Å². The van der Waals surface area contributed by atoms with Gasteiger partial charge in [-0.1, -0.05) is 60.7 Å². The second kappa shape index (κ2) is 4.70. The molecule has 0 spiro atoms. The van der Waals surface area contributed by atoms with Crippen LogP contribution in [0.25, 0.3) is 0 Å². The summed E-state index contributed by atoms with van der Waals surface area (Å²) in [5, 5.41) is 20.7. The van der Waals surface area contributed by atoms with Crippen molar-refractivity contribution in [1.82, 2.24) is 0 Å². The van der Waals surface area contributed by atoms with E-state index in [1.165, 1.54) is 0 Å². The van der Waals surface area contributed by atoms with Gasteiger partial charge in [-0.25, -0.2) is 0 Å². The van der Waals surface area contributed by atoms with Crippen LogP contribution >= 0.6 is 0 Å². The van der Waals surface area contributed by atoms with Crippen molar-refractivity contribution < 1.29 is 10.2 Å². The van der Waals surface area contributed by atoms with Crippen LogP contribution in [-0.4, -0.2) is 10.2 Å². The van der Waals surface area contributed by atoms with Crippen LogP contribution in [0.1, 0.15) is 24.2 Å². The second-order valence-electron chi connectivity index (χ2n) is 4.33. The molecule has 0 saturated carbocycles. The molecule has 17 heavy (non-hydrogen) atoms. The summed E-state index contributed by atoms with van der Waals surface area (Å²) in [6, 6.07) is 18.4. The summed E-state index contributed by atoms with van der Waals surface area (Å²) in [6.07, 6.45) is -0.939. The van der Waals surface area contributed by atoms with E-state index in [1.807, 2.05) is 60.7 Å². The van der Waals surface area contributed by atoms with Crippen LogP contribution in [0, 0.1) is 0 Å². The molecule has 0 amide bonds. The summed E-state index contributed by atoms with van der Waals surface area (Å²) in [7, 11) is 0. The molecule has 2 unspecified atom stereocenters. The Hall–Kier alpha value is -1.64. The number of aliphatic hydroxyl groups is 2. The van der Waals surface area contributed by atoms with Crippen LogP contribution in [0.2, 0.25) is 0 Å². The summed E-state index contributed by atoms with van der Waals surface area (Å²) >= 11 is 0. The van der Waals surface area contributed by atoms with Gasteiger partial charge in [0.2, 0.25) is 0 Å². The van der Waals surface area contributed by atoms with Crippen LogP contribution in [0.15, 0.2) is 60.7 Å². The first-order valence-corrected chi connectivity index (χ1v) is 5.63. The SMILES string of the molecule is CC(O)(c1ccccc1)C(O)c1ccccc1. The Morgan fingerprint density at radius 2 is 1.35 bits per heavy atom. The molecule has 2 atom stereocenters. The predicted molar refractivity (Wildman–Crippen MR) is 67.4 cm³/mol. The number of benzene rings is 2. The molecule has 88 valence electrons. The number of rotatable bonds is 3. The molecule has 0 fully saturated rings. The monoisotopic (exact) mass is 228 g/mol. The molecule has 0 radical (unpaired) electrons. The zero-order valence-electron chi connectivity index (χ0n) is 9.75. The largest absolute Gasteiger partial charge is 0.385 e. The Labute approximate surface area is 101 Å². The van der Waals surface area contributed by atoms with Crippen LogP contribution in [0.4, 0.5) is 0 Å². The molecule has 0 aliphatic heterocycles. The van der Waals surface area contributed by atoms with E-state index in [1.54, 1.807) is 6.92 Å². The third-order valence-electron chi connectivity index (χ3n) is 3.01. The lowest BCUT2D eigenvalue weighted by Gasteiger charge is -2.29. The second-order valence-corrected chi connectivity index (χ2v) is 4.33. The summed E-state index contributed by atoms with van der Waals surface area (Å²) in [5.41, 5.74) is 0.125. The lowest BCUT2D eigenvalue weighted by Crippen LogP contribution is -2.29. The zero-order valence-corrected chi connectivity index (χ0v) is 9.75. The number of hydrogen-bond acceptors (Lipinski definition) is 2. The molecule has 0 saturated heterocycles. The summed E-state index contributed by atoms with van der Waals surface area (Å²) in [5.74, 6) is 0. The molecule has 2 N–H and O–H groups in total. The predicted octanol–water partition coefficient (Wildman–Crippen LogP) is 2.63. The van der Waals surface area contributed by atoms with Crippen molar-refractivity contribution in [2.24, 2.45) is 0 Å². The highest BCUT2D eigenvalue weighted by molar-refractivity contribution is 5.28. The van der Waals surface area contributed by atoms with Crippen molar-refractivity contribution in [3.05, 3.63) is 71.8 Å². The van der Waals surface area contributed by atoms with Crippen molar-refractivity contribution in [1.29, 1.82) is 0 Å². The van der Waals surface area contributed by atoms with Gasteiger partial charge in [-0.05, 0) is 18.1 Å². The average Bonchev–Trinajstić information content (AvgIpc) is 2.40. The summed E-state index contributed by atoms with van der Waals surface area (Å²) in [4.78, 5) is 0. The Kier molecular flexibility index (Phi) is 3.27. The van der Waals surface area contributed by atoms with Gasteiger partial charge in [-0.3, -0.25) is 0 Å². The molecule has 0 aromatic heterocycles. The zero-order chi connectivity index (χ0) is 12.3. The molecule has 2 nitrogen and oxygen atoms in total. The molecule has 2 aromatic rings. The van der Waals surface area contributed by atoms with E-state index in [0.717, 1.165) is 0 Å². The topological polar surface area (TPSA) is 40.5 Å². The van der Waals surface area contributed by atoms with Crippen LogP contribution in [0.5, 0.6) is 0 Å². The van der Waals surface area contributed by atoms with Gasteiger partial charge in [-0.15, -0.1) is 0 Å². The van der Waals surface area contributed by atoms with Gasteiger partial charge in [0.15, 0.2) is 0 Å². The normalized spacial score (nSPS) is 16.2. The van der Waals surface area contributed by atoms with Crippen molar-refractivity contribution >= 4 is 0 Å². The van der Waals surface area contributed by atoms with Crippen LogP contribution < -0.4 is 0 Å². The standard InChI is InChI=1S/C15H16O2/c1-15(17,13-10-6-3-7-11-13)14(16)12-8-4-2-5-9-12/h2-11,14,16-17H,1H3. The Morgan fingerprint density at radius 1 is 0.882 bits per heavy atom. The first-order valence-electron chi connectivity index (χ1n) is 5.63. The van der Waals surface area contributed by atoms with Crippen molar-refractivity contribution in [3.63, 3.8) is 0 Å². The van der Waals surface area contributed by atoms with E-state index in [4.69, 9.17) is 0 Å². The molecule has 2 aromatic carbocycles. The van der Waals surface area contributed by atoms with Gasteiger partial charge in [0, 0.05) is 0 Å². The molecule has 0 aliphatic carbocycles. The maximum Gasteiger partial charge on any atom is 0.117 e. The Balaban J connectivity index is 2.33. The quantitative estimate of drug-likeness (QED) is 0.847. The molecular weight excluding hydrogens is 212 g/mol. The maximum absolute atomic E-state index is 10.5. The van der Waals surface area contributed by atoms with Crippen LogP contribution in [0.3, 0.4) is 0 Å². The molecule has 0 bridgehead atoms. The van der Waals surface area contributed by atoms with Crippen molar-refractivity contribution in [2.45, 2.75) is 18.6 Å². The smallest absolute Gasteiger partial charge is 0.117 e. The molecule has 0 aliphatic rings. The summed E-state index contributed by atoms with van der Waals surface area (Å²) < 4.78 is 0. The Bertz CT molecular complexity index is 463. The first-order chi connectivity index (χ1) is 8.12. The lowest BCUT2D eigenvalue weighted by molar-refractivity contribution is -0.0690. The average molecular weight is 228 g/mol. The van der Waals surface area contributed by atoms with E-state index >= 15 is 0 Å².